The monoisotopic (exact) mass is 341 g/mol. The van der Waals surface area contributed by atoms with Crippen LogP contribution in [0.15, 0.2) is 29.2 Å². The first-order chi connectivity index (χ1) is 12.3. The van der Waals surface area contributed by atoms with Crippen LogP contribution in [-0.4, -0.2) is 44.3 Å². The van der Waals surface area contributed by atoms with Crippen molar-refractivity contribution in [1.82, 2.24) is 24.6 Å². The maximum absolute atomic E-state index is 12.3. The number of H-pyrrole nitrogens is 1. The highest BCUT2D eigenvalue weighted by Crippen LogP contribution is 2.28. The third kappa shape index (κ3) is 3.84. The predicted octanol–water partition coefficient (Wildman–Crippen LogP) is 2.72. The Bertz CT molecular complexity index is 732. The first-order valence-corrected chi connectivity index (χ1v) is 9.62. The van der Waals surface area contributed by atoms with Crippen LogP contribution in [0.25, 0.3) is 5.82 Å². The largest absolute Gasteiger partial charge is 0.349 e. The first-order valence-electron chi connectivity index (χ1n) is 9.62. The van der Waals surface area contributed by atoms with Gasteiger partial charge in [0.05, 0.1) is 0 Å². The van der Waals surface area contributed by atoms with Crippen molar-refractivity contribution < 1.29 is 0 Å². The molecule has 1 saturated heterocycles. The highest BCUT2D eigenvalue weighted by molar-refractivity contribution is 5.19. The summed E-state index contributed by atoms with van der Waals surface area (Å²) in [5, 5.41) is 4.54. The Hall–Kier alpha value is -1.95. The van der Waals surface area contributed by atoms with Crippen molar-refractivity contribution >= 4 is 0 Å². The van der Waals surface area contributed by atoms with Gasteiger partial charge < -0.3 is 4.90 Å². The minimum Gasteiger partial charge on any atom is -0.302 e. The summed E-state index contributed by atoms with van der Waals surface area (Å²) in [5.41, 5.74) is -0.196. The molecular formula is C19H27N5O. The van der Waals surface area contributed by atoms with Crippen molar-refractivity contribution in [2.75, 3.05) is 19.6 Å². The van der Waals surface area contributed by atoms with Gasteiger partial charge in [-0.1, -0.05) is 25.3 Å². The smallest absolute Gasteiger partial charge is 0.302 e. The number of hydrogen-bond donors (Lipinski definition) is 1. The topological polar surface area (TPSA) is 66.8 Å². The van der Waals surface area contributed by atoms with Gasteiger partial charge in [0.15, 0.2) is 5.82 Å². The average molecular weight is 341 g/mol. The van der Waals surface area contributed by atoms with E-state index in [0.717, 1.165) is 24.7 Å². The fourth-order valence-electron chi connectivity index (χ4n) is 4.34. The van der Waals surface area contributed by atoms with Crippen LogP contribution in [0, 0.1) is 5.92 Å². The molecule has 6 heteroatoms. The quantitative estimate of drug-likeness (QED) is 0.928. The second-order valence-electron chi connectivity index (χ2n) is 7.52. The Morgan fingerprint density at radius 2 is 2.00 bits per heavy atom. The maximum atomic E-state index is 12.3. The van der Waals surface area contributed by atoms with E-state index in [1.54, 1.807) is 6.20 Å². The third-order valence-corrected chi connectivity index (χ3v) is 5.63. The molecule has 0 radical (unpaired) electrons. The SMILES string of the molecule is O=c1[nH]c(C2CCCN(CC3CCCCC3)C2)nn1-c1ccccn1. The molecule has 1 N–H and O–H groups in total. The van der Waals surface area contributed by atoms with Gasteiger partial charge in [0.1, 0.15) is 5.82 Å². The second-order valence-corrected chi connectivity index (χ2v) is 7.52. The minimum absolute atomic E-state index is 0.196. The molecule has 6 nitrogen and oxygen atoms in total. The number of rotatable bonds is 4. The number of hydrogen-bond acceptors (Lipinski definition) is 4. The summed E-state index contributed by atoms with van der Waals surface area (Å²) >= 11 is 0. The molecule has 0 aromatic carbocycles. The highest BCUT2D eigenvalue weighted by Gasteiger charge is 2.27. The summed E-state index contributed by atoms with van der Waals surface area (Å²) in [6, 6.07) is 5.52. The molecule has 2 aliphatic rings. The zero-order valence-electron chi connectivity index (χ0n) is 14.7. The van der Waals surface area contributed by atoms with E-state index >= 15 is 0 Å². The van der Waals surface area contributed by atoms with E-state index < -0.39 is 0 Å². The van der Waals surface area contributed by atoms with Gasteiger partial charge >= 0.3 is 5.69 Å². The van der Waals surface area contributed by atoms with Crippen molar-refractivity contribution in [3.63, 3.8) is 0 Å². The van der Waals surface area contributed by atoms with Gasteiger partial charge in [0.25, 0.3) is 0 Å². The molecule has 0 amide bonds. The number of likely N-dealkylation sites (tertiary alicyclic amines) is 1. The normalized spacial score (nSPS) is 23.0. The number of nitrogens with zero attached hydrogens (tertiary/aromatic N) is 4. The van der Waals surface area contributed by atoms with E-state index in [9.17, 15) is 4.79 Å². The first kappa shape index (κ1) is 16.5. The Kier molecular flexibility index (Phi) is 4.97. The van der Waals surface area contributed by atoms with Crippen molar-refractivity contribution in [2.45, 2.75) is 50.9 Å². The molecule has 4 rings (SSSR count). The number of aromatic nitrogens is 4. The molecule has 2 aromatic rings. The van der Waals surface area contributed by atoms with Crippen LogP contribution in [0.4, 0.5) is 0 Å². The van der Waals surface area contributed by atoms with Gasteiger partial charge in [0, 0.05) is 25.2 Å². The summed E-state index contributed by atoms with van der Waals surface area (Å²) in [6.45, 7) is 3.39. The van der Waals surface area contributed by atoms with Gasteiger partial charge in [-0.2, -0.15) is 4.68 Å². The molecule has 3 heterocycles. The zero-order valence-corrected chi connectivity index (χ0v) is 14.7. The lowest BCUT2D eigenvalue weighted by atomic mass is 9.88. The standard InChI is InChI=1S/C19H27N5O/c25-19-21-18(22-24(19)17-10-4-5-11-20-17)16-9-6-12-23(14-16)13-15-7-2-1-3-8-15/h4-5,10-11,15-16H,1-3,6-9,12-14H2,(H,21,22,25). The molecule has 1 atom stereocenters. The second kappa shape index (κ2) is 7.52. The van der Waals surface area contributed by atoms with Crippen molar-refractivity contribution in [1.29, 1.82) is 0 Å². The molecule has 134 valence electrons. The van der Waals surface area contributed by atoms with E-state index in [1.165, 1.54) is 56.3 Å². The van der Waals surface area contributed by atoms with Crippen molar-refractivity contribution in [3.05, 3.63) is 40.7 Å². The number of piperidine rings is 1. The fourth-order valence-corrected chi connectivity index (χ4v) is 4.34. The highest BCUT2D eigenvalue weighted by atomic mass is 16.2. The summed E-state index contributed by atoms with van der Waals surface area (Å²) in [5.74, 6) is 2.56. The summed E-state index contributed by atoms with van der Waals surface area (Å²) in [4.78, 5) is 22.1. The number of pyridine rings is 1. The predicted molar refractivity (Wildman–Crippen MR) is 97.0 cm³/mol. The zero-order chi connectivity index (χ0) is 17.1. The molecular weight excluding hydrogens is 314 g/mol. The minimum atomic E-state index is -0.196. The van der Waals surface area contributed by atoms with Crippen LogP contribution in [0.3, 0.4) is 0 Å². The lowest BCUT2D eigenvalue weighted by Gasteiger charge is -2.35. The van der Waals surface area contributed by atoms with E-state index in [2.05, 4.69) is 20.0 Å². The fraction of sp³-hybridized carbons (Fsp3) is 0.632. The third-order valence-electron chi connectivity index (χ3n) is 5.63. The lowest BCUT2D eigenvalue weighted by Crippen LogP contribution is -2.38. The summed E-state index contributed by atoms with van der Waals surface area (Å²) in [7, 11) is 0. The van der Waals surface area contributed by atoms with Gasteiger partial charge in [-0.25, -0.2) is 9.78 Å². The van der Waals surface area contributed by atoms with Crippen LogP contribution in [0.5, 0.6) is 0 Å². The Morgan fingerprint density at radius 3 is 2.80 bits per heavy atom. The van der Waals surface area contributed by atoms with E-state index in [-0.39, 0.29) is 5.69 Å². The van der Waals surface area contributed by atoms with Crippen LogP contribution in [0.2, 0.25) is 0 Å². The molecule has 0 spiro atoms. The average Bonchev–Trinajstić information content (AvgIpc) is 3.05. The van der Waals surface area contributed by atoms with Gasteiger partial charge in [0.2, 0.25) is 0 Å². The van der Waals surface area contributed by atoms with Gasteiger partial charge in [-0.15, -0.1) is 5.10 Å². The molecule has 2 fully saturated rings. The molecule has 1 unspecified atom stereocenters. The molecule has 1 aliphatic heterocycles. The molecule has 0 bridgehead atoms. The van der Waals surface area contributed by atoms with Crippen molar-refractivity contribution in [2.24, 2.45) is 5.92 Å². The number of nitrogens with one attached hydrogen (secondary N) is 1. The molecule has 1 aliphatic carbocycles. The Balaban J connectivity index is 1.45. The summed E-state index contributed by atoms with van der Waals surface area (Å²) < 4.78 is 1.38. The maximum Gasteiger partial charge on any atom is 0.349 e. The van der Waals surface area contributed by atoms with E-state index in [0.29, 0.717) is 11.7 Å². The molecule has 2 aromatic heterocycles. The van der Waals surface area contributed by atoms with Crippen LogP contribution in [0.1, 0.15) is 56.7 Å². The summed E-state index contributed by atoms with van der Waals surface area (Å²) in [6.07, 6.45) is 10.9. The van der Waals surface area contributed by atoms with Crippen LogP contribution >= 0.6 is 0 Å². The Labute approximate surface area is 148 Å². The lowest BCUT2D eigenvalue weighted by molar-refractivity contribution is 0.158. The van der Waals surface area contributed by atoms with Crippen molar-refractivity contribution in [3.8, 4) is 5.82 Å². The van der Waals surface area contributed by atoms with Crippen LogP contribution in [-0.2, 0) is 0 Å². The molecule has 25 heavy (non-hydrogen) atoms. The molecule has 1 saturated carbocycles. The van der Waals surface area contributed by atoms with E-state index in [1.807, 2.05) is 18.2 Å². The van der Waals surface area contributed by atoms with E-state index in [4.69, 9.17) is 0 Å². The number of aromatic amines is 1. The van der Waals surface area contributed by atoms with Gasteiger partial charge in [-0.05, 0) is 50.3 Å². The van der Waals surface area contributed by atoms with Gasteiger partial charge in [-0.3, -0.25) is 4.98 Å². The van der Waals surface area contributed by atoms with Crippen LogP contribution < -0.4 is 5.69 Å². The Morgan fingerprint density at radius 1 is 1.12 bits per heavy atom.